The molecular weight excluding hydrogens is 669 g/mol. The summed E-state index contributed by atoms with van der Waals surface area (Å²) in [6, 6.07) is 47.1. The van der Waals surface area contributed by atoms with Gasteiger partial charge in [0.15, 0.2) is 0 Å². The fraction of sp³-hybridized carbons (Fsp3) is 0.0870. The van der Waals surface area contributed by atoms with Crippen molar-refractivity contribution in [1.82, 2.24) is 24.6 Å². The van der Waals surface area contributed by atoms with Crippen LogP contribution in [0.1, 0.15) is 43.1 Å². The van der Waals surface area contributed by atoms with Gasteiger partial charge in [0.05, 0.1) is 28.0 Å². The monoisotopic (exact) mass is 704 g/mol. The molecule has 0 radical (unpaired) electrons. The summed E-state index contributed by atoms with van der Waals surface area (Å²) in [6.45, 7) is 2.83. The molecule has 0 N–H and O–H groups in total. The highest BCUT2D eigenvalue weighted by Gasteiger charge is 2.40. The molecule has 9 rings (SSSR count). The van der Waals surface area contributed by atoms with E-state index in [0.29, 0.717) is 17.7 Å². The average molecular weight is 705 g/mol. The van der Waals surface area contributed by atoms with Crippen molar-refractivity contribution in [2.24, 2.45) is 0 Å². The molecule has 0 saturated heterocycles. The van der Waals surface area contributed by atoms with Gasteiger partial charge in [-0.15, -0.1) is 0 Å². The lowest BCUT2D eigenvalue weighted by Gasteiger charge is -2.36. The Bertz CT molecular complexity index is 2430. The smallest absolute Gasteiger partial charge is 0.261 e. The number of aryl methyl sites for hydroxylation is 1. The third-order valence-corrected chi connectivity index (χ3v) is 10.4. The molecule has 2 aliphatic heterocycles. The molecule has 2 amide bonds. The number of carbonyl (C=O) groups excluding carboxylic acids is 2. The second-order valence-electron chi connectivity index (χ2n) is 13.5. The summed E-state index contributed by atoms with van der Waals surface area (Å²) < 4.78 is 2.12. The second-order valence-corrected chi connectivity index (χ2v) is 13.5. The van der Waals surface area contributed by atoms with E-state index in [1.165, 1.54) is 4.90 Å². The van der Waals surface area contributed by atoms with Crippen molar-refractivity contribution in [2.45, 2.75) is 12.5 Å². The molecule has 0 atom stereocenters. The summed E-state index contributed by atoms with van der Waals surface area (Å²) in [5.74, 6) is -0.485. The van der Waals surface area contributed by atoms with E-state index in [1.807, 2.05) is 60.2 Å². The molecule has 0 fully saturated rings. The highest BCUT2D eigenvalue weighted by atomic mass is 16.2. The minimum atomic E-state index is -0.717. The van der Waals surface area contributed by atoms with Crippen LogP contribution < -0.4 is 4.90 Å². The molecule has 0 saturated carbocycles. The van der Waals surface area contributed by atoms with Crippen molar-refractivity contribution >= 4 is 28.4 Å². The van der Waals surface area contributed by atoms with E-state index in [1.54, 1.807) is 24.3 Å². The average Bonchev–Trinajstić information content (AvgIpc) is 3.74. The summed E-state index contributed by atoms with van der Waals surface area (Å²) in [7, 11) is 0. The number of aromatic nitrogens is 3. The van der Waals surface area contributed by atoms with Crippen LogP contribution in [0.5, 0.6) is 0 Å². The largest absolute Gasteiger partial charge is 0.350 e. The van der Waals surface area contributed by atoms with Gasteiger partial charge >= 0.3 is 0 Å². The topological polar surface area (TPSA) is 74.6 Å². The summed E-state index contributed by atoms with van der Waals surface area (Å²) in [5.41, 5.74) is 8.40. The fourth-order valence-electron chi connectivity index (χ4n) is 7.76. The van der Waals surface area contributed by atoms with E-state index >= 15 is 0 Å². The Kier molecular flexibility index (Phi) is 8.20. The van der Waals surface area contributed by atoms with Gasteiger partial charge in [-0.1, -0.05) is 109 Å². The van der Waals surface area contributed by atoms with Gasteiger partial charge in [0, 0.05) is 61.2 Å². The standard InChI is InChI=1S/C46H36N6O2/c1-33-41(32-52(48-33)46(35-13-5-2-6-14-35,36-15-7-3-8-16-36)37-17-9-4-10-18-37)34-21-22-42-40(31-34)43(23-24-47-42)50-28-25-49(26-29-50)27-30-51-44(53)38-19-11-12-20-39(38)45(51)54/h2-26,28-29,31-32H,27,30H2,1H3. The first kappa shape index (κ1) is 32.8. The molecule has 2 aliphatic rings. The SMILES string of the molecule is Cc1nn(C(c2ccccc2)(c2ccccc2)c2ccccc2)cc1-c1ccc2nccc(N3C=CN(CCN4C(=O)c5ccccc5C4=O)C=C3)c2c1. The van der Waals surface area contributed by atoms with Gasteiger partial charge in [-0.25, -0.2) is 0 Å². The minimum absolute atomic E-state index is 0.243. The molecule has 0 unspecified atom stereocenters. The molecule has 0 bridgehead atoms. The van der Waals surface area contributed by atoms with Crippen molar-refractivity contribution in [3.05, 3.63) is 210 Å². The predicted octanol–water partition coefficient (Wildman–Crippen LogP) is 8.61. The lowest BCUT2D eigenvalue weighted by atomic mass is 9.77. The highest BCUT2D eigenvalue weighted by molar-refractivity contribution is 6.21. The minimum Gasteiger partial charge on any atom is -0.350 e. The van der Waals surface area contributed by atoms with E-state index in [0.717, 1.165) is 50.1 Å². The van der Waals surface area contributed by atoms with E-state index < -0.39 is 5.54 Å². The summed E-state index contributed by atoms with van der Waals surface area (Å²) in [4.78, 5) is 35.8. The van der Waals surface area contributed by atoms with E-state index in [-0.39, 0.29) is 18.4 Å². The molecule has 7 aromatic rings. The van der Waals surface area contributed by atoms with Gasteiger partial charge < -0.3 is 9.80 Å². The molecule has 2 aromatic heterocycles. The number of carbonyl (C=O) groups is 2. The third kappa shape index (κ3) is 5.47. The van der Waals surface area contributed by atoms with E-state index in [9.17, 15) is 9.59 Å². The Hall–Kier alpha value is -7.06. The summed E-state index contributed by atoms with van der Waals surface area (Å²) >= 11 is 0. The number of hydrogen-bond acceptors (Lipinski definition) is 6. The lowest BCUT2D eigenvalue weighted by Crippen LogP contribution is -2.38. The molecular formula is C46H36N6O2. The first-order valence-corrected chi connectivity index (χ1v) is 18.0. The number of hydrogen-bond donors (Lipinski definition) is 0. The number of nitrogens with zero attached hydrogens (tertiary/aromatic N) is 6. The zero-order valence-corrected chi connectivity index (χ0v) is 29.7. The van der Waals surface area contributed by atoms with Gasteiger partial charge in [0.2, 0.25) is 0 Å². The number of rotatable bonds is 9. The molecule has 5 aromatic carbocycles. The van der Waals surface area contributed by atoms with Crippen LogP contribution in [0.25, 0.3) is 22.0 Å². The van der Waals surface area contributed by atoms with Crippen molar-refractivity contribution in [3.8, 4) is 11.1 Å². The zero-order valence-electron chi connectivity index (χ0n) is 29.7. The van der Waals surface area contributed by atoms with Crippen LogP contribution in [-0.2, 0) is 5.54 Å². The van der Waals surface area contributed by atoms with Gasteiger partial charge in [-0.2, -0.15) is 5.10 Å². The maximum Gasteiger partial charge on any atom is 0.261 e. The number of pyridine rings is 1. The number of imide groups is 1. The molecule has 8 nitrogen and oxygen atoms in total. The number of benzene rings is 5. The van der Waals surface area contributed by atoms with Crippen molar-refractivity contribution < 1.29 is 9.59 Å². The van der Waals surface area contributed by atoms with Crippen LogP contribution >= 0.6 is 0 Å². The van der Waals surface area contributed by atoms with Crippen molar-refractivity contribution in [2.75, 3.05) is 18.0 Å². The molecule has 8 heteroatoms. The summed E-state index contributed by atoms with van der Waals surface area (Å²) in [5, 5.41) is 6.27. The lowest BCUT2D eigenvalue weighted by molar-refractivity contribution is 0.0648. The zero-order chi connectivity index (χ0) is 36.6. The van der Waals surface area contributed by atoms with Gasteiger partial charge in [-0.3, -0.25) is 24.2 Å². The van der Waals surface area contributed by atoms with Crippen LogP contribution in [0.4, 0.5) is 5.69 Å². The molecule has 0 spiro atoms. The first-order valence-electron chi connectivity index (χ1n) is 18.0. The van der Waals surface area contributed by atoms with Crippen LogP contribution in [0.3, 0.4) is 0 Å². The van der Waals surface area contributed by atoms with E-state index in [4.69, 9.17) is 10.1 Å². The van der Waals surface area contributed by atoms with Crippen LogP contribution in [0, 0.1) is 6.92 Å². The Labute approximate surface area is 313 Å². The Balaban J connectivity index is 1.04. The van der Waals surface area contributed by atoms with Crippen molar-refractivity contribution in [3.63, 3.8) is 0 Å². The highest BCUT2D eigenvalue weighted by Crippen LogP contribution is 2.42. The van der Waals surface area contributed by atoms with Gasteiger partial charge in [0.1, 0.15) is 5.54 Å². The number of amides is 2. The van der Waals surface area contributed by atoms with Crippen LogP contribution in [0.2, 0.25) is 0 Å². The Morgan fingerprint density at radius 2 is 1.15 bits per heavy atom. The molecule has 54 heavy (non-hydrogen) atoms. The molecule has 4 heterocycles. The number of fused-ring (bicyclic) bond motifs is 2. The van der Waals surface area contributed by atoms with Crippen LogP contribution in [0.15, 0.2) is 177 Å². The second kappa shape index (κ2) is 13.5. The maximum atomic E-state index is 12.9. The van der Waals surface area contributed by atoms with Gasteiger partial charge in [-0.05, 0) is 59.5 Å². The molecule has 262 valence electrons. The normalized spacial score (nSPS) is 14.0. The number of anilines is 1. The Morgan fingerprint density at radius 3 is 1.72 bits per heavy atom. The van der Waals surface area contributed by atoms with Crippen LogP contribution in [-0.4, -0.2) is 49.5 Å². The fourth-order valence-corrected chi connectivity index (χ4v) is 7.76. The summed E-state index contributed by atoms with van der Waals surface area (Å²) in [6.07, 6.45) is 11.9. The van der Waals surface area contributed by atoms with E-state index in [2.05, 4.69) is 114 Å². The molecule has 0 aliphatic carbocycles. The van der Waals surface area contributed by atoms with Crippen molar-refractivity contribution in [1.29, 1.82) is 0 Å². The quantitative estimate of drug-likeness (QED) is 0.111. The first-order chi connectivity index (χ1) is 26.5. The predicted molar refractivity (Wildman–Crippen MR) is 212 cm³/mol. The maximum absolute atomic E-state index is 12.9. The Morgan fingerprint density at radius 1 is 0.593 bits per heavy atom. The van der Waals surface area contributed by atoms with Gasteiger partial charge in [0.25, 0.3) is 11.8 Å². The third-order valence-electron chi connectivity index (χ3n) is 10.4.